The Morgan fingerprint density at radius 3 is 2.61 bits per heavy atom. The first-order valence-electron chi connectivity index (χ1n) is 10.3. The molecule has 2 atom stereocenters. The first kappa shape index (κ1) is 25.2. The highest BCUT2D eigenvalue weighted by Crippen LogP contribution is 2.45. The minimum atomic E-state index is -0.211. The van der Waals surface area contributed by atoms with Crippen LogP contribution in [0.4, 0.5) is 0 Å². The molecular formula is C24H33ClN4OS. The van der Waals surface area contributed by atoms with E-state index in [0.29, 0.717) is 5.03 Å². The Hall–Kier alpha value is -2.05. The van der Waals surface area contributed by atoms with Gasteiger partial charge in [0.2, 0.25) is 5.91 Å². The highest BCUT2D eigenvalue weighted by Gasteiger charge is 2.44. The number of halogens is 1. The van der Waals surface area contributed by atoms with Crippen molar-refractivity contribution in [1.29, 1.82) is 0 Å². The van der Waals surface area contributed by atoms with Crippen LogP contribution in [0.1, 0.15) is 53.7 Å². The molecule has 0 spiro atoms. The van der Waals surface area contributed by atoms with E-state index < -0.39 is 0 Å². The van der Waals surface area contributed by atoms with Gasteiger partial charge in [0, 0.05) is 29.7 Å². The molecule has 1 saturated carbocycles. The average Bonchev–Trinajstić information content (AvgIpc) is 3.37. The predicted octanol–water partition coefficient (Wildman–Crippen LogP) is 6.10. The Balaban J connectivity index is 2.09. The monoisotopic (exact) mass is 460 g/mol. The summed E-state index contributed by atoms with van der Waals surface area (Å²) >= 11 is 7.39. The molecule has 2 rings (SSSR count). The Morgan fingerprint density at radius 2 is 2.03 bits per heavy atom. The smallest absolute Gasteiger partial charge is 0.224 e. The molecule has 1 aromatic rings. The Labute approximate surface area is 195 Å². The summed E-state index contributed by atoms with van der Waals surface area (Å²) < 4.78 is 1.96. The molecule has 1 amide bonds. The second-order valence-corrected chi connectivity index (χ2v) is 10.6. The quantitative estimate of drug-likeness (QED) is 0.231. The number of thioether (sulfide) groups is 1. The molecule has 0 bridgehead atoms. The van der Waals surface area contributed by atoms with Gasteiger partial charge in [-0.05, 0) is 65.0 Å². The van der Waals surface area contributed by atoms with Crippen LogP contribution in [0.5, 0.6) is 0 Å². The number of aromatic nitrogens is 2. The summed E-state index contributed by atoms with van der Waals surface area (Å²) in [5, 5.41) is 5.54. The molecule has 5 nitrogen and oxygen atoms in total. The van der Waals surface area contributed by atoms with Crippen LogP contribution in [0.15, 0.2) is 58.0 Å². The molecule has 7 heteroatoms. The van der Waals surface area contributed by atoms with Crippen molar-refractivity contribution in [3.63, 3.8) is 0 Å². The normalized spacial score (nSPS) is 20.3. The van der Waals surface area contributed by atoms with Gasteiger partial charge in [-0.15, -0.1) is 0 Å². The fourth-order valence-corrected chi connectivity index (χ4v) is 4.04. The van der Waals surface area contributed by atoms with Crippen molar-refractivity contribution < 1.29 is 4.79 Å². The lowest BCUT2D eigenvalue weighted by Crippen LogP contribution is -2.41. The Kier molecular flexibility index (Phi) is 8.55. The molecule has 0 saturated heterocycles. The molecule has 1 fully saturated rings. The van der Waals surface area contributed by atoms with Gasteiger partial charge in [0.15, 0.2) is 0 Å². The van der Waals surface area contributed by atoms with E-state index in [4.69, 9.17) is 11.6 Å². The second-order valence-electron chi connectivity index (χ2n) is 8.81. The third-order valence-corrected chi connectivity index (χ3v) is 5.89. The van der Waals surface area contributed by atoms with Crippen molar-refractivity contribution >= 4 is 39.9 Å². The molecule has 0 radical (unpaired) electrons. The number of hydrogen-bond acceptors (Lipinski definition) is 4. The highest BCUT2D eigenvalue weighted by atomic mass is 35.5. The van der Waals surface area contributed by atoms with Crippen molar-refractivity contribution in [3.8, 4) is 0 Å². The minimum absolute atomic E-state index is 0.0432. The summed E-state index contributed by atoms with van der Waals surface area (Å²) in [4.78, 5) is 21.3. The summed E-state index contributed by atoms with van der Waals surface area (Å²) in [7, 11) is 1.95. The van der Waals surface area contributed by atoms with E-state index in [9.17, 15) is 4.79 Å². The summed E-state index contributed by atoms with van der Waals surface area (Å²) in [6.07, 6.45) is 10.4. The van der Waals surface area contributed by atoms with Crippen LogP contribution >= 0.6 is 23.4 Å². The maximum atomic E-state index is 12.4. The van der Waals surface area contributed by atoms with Gasteiger partial charge in [0.1, 0.15) is 10.7 Å². The van der Waals surface area contributed by atoms with Crippen LogP contribution in [-0.2, 0) is 11.8 Å². The van der Waals surface area contributed by atoms with Crippen molar-refractivity contribution in [3.05, 3.63) is 53.6 Å². The van der Waals surface area contributed by atoms with Crippen molar-refractivity contribution in [2.75, 3.05) is 0 Å². The molecule has 1 aromatic heterocycles. The highest BCUT2D eigenvalue weighted by molar-refractivity contribution is 8.13. The summed E-state index contributed by atoms with van der Waals surface area (Å²) in [5.74, 6) is 0.430. The van der Waals surface area contributed by atoms with E-state index in [-0.39, 0.29) is 23.3 Å². The number of hydrogen-bond donors (Lipinski definition) is 1. The standard InChI is InChI=1S/C24H33ClN4OS/c1-9-18(19-12-20(19)22(30)28-24(5,6)7)11-10-15(2)21-23(29(8)14-27-21)31-17(4)26-13-16(3)25/h9-11,13-14,19-20H,2,12H2,1,3-8H3,(H,28,30). The van der Waals surface area contributed by atoms with Crippen LogP contribution in [-0.4, -0.2) is 26.0 Å². The zero-order valence-corrected chi connectivity index (χ0v) is 21.1. The molecule has 1 heterocycles. The predicted molar refractivity (Wildman–Crippen MR) is 133 cm³/mol. The largest absolute Gasteiger partial charge is 0.351 e. The third kappa shape index (κ3) is 7.54. The van der Waals surface area contributed by atoms with Gasteiger partial charge in [0.25, 0.3) is 0 Å². The van der Waals surface area contributed by atoms with Gasteiger partial charge >= 0.3 is 0 Å². The summed E-state index contributed by atoms with van der Waals surface area (Å²) in [6, 6.07) is 0. The van der Waals surface area contributed by atoms with Crippen molar-refractivity contribution in [1.82, 2.24) is 14.9 Å². The number of carbonyl (C=O) groups is 1. The van der Waals surface area contributed by atoms with Gasteiger partial charge in [-0.3, -0.25) is 9.79 Å². The number of aliphatic imine (C=N–C) groups is 1. The summed E-state index contributed by atoms with van der Waals surface area (Å²) in [6.45, 7) is 16.0. The van der Waals surface area contributed by atoms with Crippen molar-refractivity contribution in [2.24, 2.45) is 23.9 Å². The van der Waals surface area contributed by atoms with Crippen LogP contribution in [0, 0.1) is 11.8 Å². The number of amides is 1. The second kappa shape index (κ2) is 10.5. The van der Waals surface area contributed by atoms with Gasteiger partial charge in [-0.2, -0.15) is 0 Å². The number of nitrogens with zero attached hydrogens (tertiary/aromatic N) is 3. The van der Waals surface area contributed by atoms with Gasteiger partial charge in [-0.1, -0.05) is 48.2 Å². The van der Waals surface area contributed by atoms with Crippen LogP contribution < -0.4 is 5.32 Å². The van der Waals surface area contributed by atoms with Gasteiger partial charge in [0.05, 0.1) is 11.4 Å². The van der Waals surface area contributed by atoms with E-state index in [1.807, 2.05) is 52.3 Å². The number of rotatable bonds is 7. The fourth-order valence-electron chi connectivity index (χ4n) is 3.13. The third-order valence-electron chi connectivity index (χ3n) is 4.72. The summed E-state index contributed by atoms with van der Waals surface area (Å²) in [5.41, 5.74) is 2.58. The lowest BCUT2D eigenvalue weighted by Gasteiger charge is -2.20. The fraction of sp³-hybridized carbons (Fsp3) is 0.458. The molecule has 2 unspecified atom stereocenters. The SMILES string of the molecule is C=C(C=CC(=CC)C1CC1C(=O)NC(C)(C)C)c1ncn(C)c1SC(C)=NC=C(C)Cl. The van der Waals surface area contributed by atoms with E-state index in [1.165, 1.54) is 11.8 Å². The Bertz CT molecular complexity index is 959. The maximum Gasteiger partial charge on any atom is 0.224 e. The molecule has 0 aliphatic heterocycles. The minimum Gasteiger partial charge on any atom is -0.351 e. The number of aryl methyl sites for hydroxylation is 1. The number of carbonyl (C=O) groups excluding carboxylic acids is 1. The topological polar surface area (TPSA) is 59.3 Å². The first-order chi connectivity index (χ1) is 14.4. The average molecular weight is 461 g/mol. The molecule has 31 heavy (non-hydrogen) atoms. The zero-order chi connectivity index (χ0) is 23.3. The van der Waals surface area contributed by atoms with Gasteiger partial charge < -0.3 is 9.88 Å². The van der Waals surface area contributed by atoms with Crippen LogP contribution in [0.25, 0.3) is 5.57 Å². The van der Waals surface area contributed by atoms with Crippen molar-refractivity contribution in [2.45, 2.75) is 58.5 Å². The Morgan fingerprint density at radius 1 is 1.35 bits per heavy atom. The van der Waals surface area contributed by atoms with E-state index in [0.717, 1.165) is 33.3 Å². The molecular weight excluding hydrogens is 428 g/mol. The molecule has 0 aromatic carbocycles. The van der Waals surface area contributed by atoms with E-state index in [1.54, 1.807) is 19.5 Å². The van der Waals surface area contributed by atoms with E-state index in [2.05, 4.69) is 34.0 Å². The number of imidazole rings is 1. The zero-order valence-electron chi connectivity index (χ0n) is 19.5. The molecule has 1 N–H and O–H groups in total. The maximum absolute atomic E-state index is 12.4. The lowest BCUT2D eigenvalue weighted by atomic mass is 10.1. The van der Waals surface area contributed by atoms with Crippen LogP contribution in [0.2, 0.25) is 0 Å². The van der Waals surface area contributed by atoms with Crippen LogP contribution in [0.3, 0.4) is 0 Å². The number of nitrogens with one attached hydrogen (secondary N) is 1. The number of allylic oxidation sites excluding steroid dienone is 6. The lowest BCUT2D eigenvalue weighted by molar-refractivity contribution is -0.123. The molecule has 1 aliphatic rings. The van der Waals surface area contributed by atoms with Gasteiger partial charge in [-0.25, -0.2) is 4.98 Å². The first-order valence-corrected chi connectivity index (χ1v) is 11.5. The van der Waals surface area contributed by atoms with E-state index >= 15 is 0 Å². The molecule has 1 aliphatic carbocycles. The molecule has 168 valence electrons.